The third-order valence-corrected chi connectivity index (χ3v) is 1.81. The van der Waals surface area contributed by atoms with Crippen molar-refractivity contribution in [1.29, 1.82) is 0 Å². The van der Waals surface area contributed by atoms with E-state index in [1.807, 2.05) is 18.3 Å². The van der Waals surface area contributed by atoms with Crippen LogP contribution in [0.25, 0.3) is 11.4 Å². The molecule has 0 bridgehead atoms. The van der Waals surface area contributed by atoms with Crippen molar-refractivity contribution in [3.05, 3.63) is 30.1 Å². The van der Waals surface area contributed by atoms with Crippen LogP contribution in [0, 0.1) is 0 Å². The number of nitrogens with zero attached hydrogens (tertiary/aromatic N) is 1. The van der Waals surface area contributed by atoms with Gasteiger partial charge in [-0.3, -0.25) is 5.10 Å². The molecule has 4 nitrogen and oxygen atoms in total. The van der Waals surface area contributed by atoms with E-state index >= 15 is 0 Å². The molecule has 0 fully saturated rings. The van der Waals surface area contributed by atoms with E-state index < -0.39 is 0 Å². The van der Waals surface area contributed by atoms with Gasteiger partial charge in [-0.25, -0.2) is 0 Å². The highest BCUT2D eigenvalue weighted by Gasteiger charge is 2.05. The molecule has 0 saturated carbocycles. The molecule has 0 saturated heterocycles. The summed E-state index contributed by atoms with van der Waals surface area (Å²) in [5, 5.41) is 6.82. The minimum Gasteiger partial charge on any atom is -0.360 e. The van der Waals surface area contributed by atoms with Crippen LogP contribution in [-0.2, 0) is 6.54 Å². The summed E-state index contributed by atoms with van der Waals surface area (Å²) in [6.07, 6.45) is 3.62. The minimum atomic E-state index is 0.505. The first kappa shape index (κ1) is 7.12. The van der Waals surface area contributed by atoms with Crippen molar-refractivity contribution in [3.8, 4) is 11.4 Å². The average molecular weight is 162 g/mol. The van der Waals surface area contributed by atoms with Gasteiger partial charge >= 0.3 is 0 Å². The van der Waals surface area contributed by atoms with Gasteiger partial charge in [0.25, 0.3) is 0 Å². The molecule has 2 heterocycles. The predicted molar refractivity (Wildman–Crippen MR) is 46.3 cm³/mol. The van der Waals surface area contributed by atoms with Crippen LogP contribution in [0.5, 0.6) is 0 Å². The van der Waals surface area contributed by atoms with Gasteiger partial charge in [0.15, 0.2) is 0 Å². The molecule has 0 amide bonds. The predicted octanol–water partition coefficient (Wildman–Crippen LogP) is 0.863. The quantitative estimate of drug-likeness (QED) is 0.613. The molecule has 0 spiro atoms. The summed E-state index contributed by atoms with van der Waals surface area (Å²) in [6.45, 7) is 0.505. The number of aromatic amines is 2. The van der Waals surface area contributed by atoms with E-state index in [4.69, 9.17) is 5.73 Å². The van der Waals surface area contributed by atoms with Crippen LogP contribution in [0.3, 0.4) is 0 Å². The van der Waals surface area contributed by atoms with E-state index in [-0.39, 0.29) is 0 Å². The number of H-pyrrole nitrogens is 2. The van der Waals surface area contributed by atoms with Crippen LogP contribution in [0.15, 0.2) is 24.5 Å². The summed E-state index contributed by atoms with van der Waals surface area (Å²) in [4.78, 5) is 3.09. The fourth-order valence-corrected chi connectivity index (χ4v) is 1.18. The van der Waals surface area contributed by atoms with Crippen molar-refractivity contribution in [1.82, 2.24) is 15.2 Å². The highest BCUT2D eigenvalue weighted by atomic mass is 15.1. The minimum absolute atomic E-state index is 0.505. The van der Waals surface area contributed by atoms with Crippen LogP contribution in [0.1, 0.15) is 5.56 Å². The summed E-state index contributed by atoms with van der Waals surface area (Å²) in [5.74, 6) is 0. The SMILES string of the molecule is NCc1cn[nH]c1-c1ccc[nH]1. The lowest BCUT2D eigenvalue weighted by molar-refractivity contribution is 1.07. The van der Waals surface area contributed by atoms with Gasteiger partial charge in [-0.1, -0.05) is 0 Å². The maximum Gasteiger partial charge on any atom is 0.0857 e. The van der Waals surface area contributed by atoms with Gasteiger partial charge in [0, 0.05) is 18.3 Å². The summed E-state index contributed by atoms with van der Waals surface area (Å²) in [7, 11) is 0. The van der Waals surface area contributed by atoms with Gasteiger partial charge in [0.2, 0.25) is 0 Å². The number of hydrogen-bond acceptors (Lipinski definition) is 2. The number of nitrogens with two attached hydrogens (primary N) is 1. The zero-order chi connectivity index (χ0) is 8.39. The highest BCUT2D eigenvalue weighted by Crippen LogP contribution is 2.17. The molecule has 0 aromatic carbocycles. The topological polar surface area (TPSA) is 70.5 Å². The monoisotopic (exact) mass is 162 g/mol. The Balaban J connectivity index is 2.46. The molecule has 2 aromatic heterocycles. The molecule has 0 atom stereocenters. The van der Waals surface area contributed by atoms with Crippen molar-refractivity contribution in [2.24, 2.45) is 5.73 Å². The second kappa shape index (κ2) is 2.83. The first-order valence-corrected chi connectivity index (χ1v) is 3.78. The lowest BCUT2D eigenvalue weighted by Gasteiger charge is -1.95. The Hall–Kier alpha value is -1.55. The van der Waals surface area contributed by atoms with Gasteiger partial charge in [0.05, 0.1) is 17.6 Å². The average Bonchev–Trinajstić information content (AvgIpc) is 2.74. The summed E-state index contributed by atoms with van der Waals surface area (Å²) in [5.41, 5.74) is 8.55. The third kappa shape index (κ3) is 1.02. The number of aromatic nitrogens is 3. The smallest absolute Gasteiger partial charge is 0.0857 e. The molecule has 12 heavy (non-hydrogen) atoms. The van der Waals surface area contributed by atoms with Crippen LogP contribution in [0.4, 0.5) is 0 Å². The maximum absolute atomic E-state index is 5.53. The van der Waals surface area contributed by atoms with Gasteiger partial charge in [-0.15, -0.1) is 0 Å². The fourth-order valence-electron chi connectivity index (χ4n) is 1.18. The molecule has 0 radical (unpaired) electrons. The summed E-state index contributed by atoms with van der Waals surface area (Å²) >= 11 is 0. The molecule has 0 aliphatic heterocycles. The largest absolute Gasteiger partial charge is 0.360 e. The van der Waals surface area contributed by atoms with Crippen LogP contribution in [0.2, 0.25) is 0 Å². The molecule has 0 unspecified atom stereocenters. The highest BCUT2D eigenvalue weighted by molar-refractivity contribution is 5.58. The number of hydrogen-bond donors (Lipinski definition) is 3. The Morgan fingerprint density at radius 3 is 3.08 bits per heavy atom. The summed E-state index contributed by atoms with van der Waals surface area (Å²) in [6, 6.07) is 3.92. The van der Waals surface area contributed by atoms with E-state index in [2.05, 4.69) is 15.2 Å². The molecule has 2 rings (SSSR count). The zero-order valence-electron chi connectivity index (χ0n) is 6.54. The molecule has 2 aromatic rings. The molecule has 0 aliphatic carbocycles. The fraction of sp³-hybridized carbons (Fsp3) is 0.125. The lowest BCUT2D eigenvalue weighted by Crippen LogP contribution is -1.96. The molecular weight excluding hydrogens is 152 g/mol. The first-order chi connectivity index (χ1) is 5.92. The second-order valence-corrected chi connectivity index (χ2v) is 2.56. The Kier molecular flexibility index (Phi) is 1.68. The molecule has 4 N–H and O–H groups in total. The van der Waals surface area contributed by atoms with Gasteiger partial charge in [-0.05, 0) is 12.1 Å². The molecule has 4 heteroatoms. The Labute approximate surface area is 69.8 Å². The Morgan fingerprint density at radius 2 is 2.42 bits per heavy atom. The zero-order valence-corrected chi connectivity index (χ0v) is 6.54. The van der Waals surface area contributed by atoms with E-state index in [9.17, 15) is 0 Å². The lowest BCUT2D eigenvalue weighted by atomic mass is 10.2. The molecule has 0 aliphatic rings. The molecule has 62 valence electrons. The van der Waals surface area contributed by atoms with Gasteiger partial charge in [0.1, 0.15) is 0 Å². The van der Waals surface area contributed by atoms with Crippen LogP contribution in [-0.4, -0.2) is 15.2 Å². The normalized spacial score (nSPS) is 10.4. The van der Waals surface area contributed by atoms with Crippen molar-refractivity contribution < 1.29 is 0 Å². The molecular formula is C8H10N4. The Morgan fingerprint density at radius 1 is 1.50 bits per heavy atom. The van der Waals surface area contributed by atoms with E-state index in [0.29, 0.717) is 6.54 Å². The maximum atomic E-state index is 5.53. The van der Waals surface area contributed by atoms with E-state index in [0.717, 1.165) is 17.0 Å². The van der Waals surface area contributed by atoms with E-state index in [1.54, 1.807) is 6.20 Å². The Bertz CT molecular complexity index is 347. The standard InChI is InChI=1S/C8H10N4/c9-4-6-5-11-12-8(6)7-2-1-3-10-7/h1-3,5,10H,4,9H2,(H,11,12). The van der Waals surface area contributed by atoms with Crippen LogP contribution >= 0.6 is 0 Å². The third-order valence-electron chi connectivity index (χ3n) is 1.81. The first-order valence-electron chi connectivity index (χ1n) is 3.78. The van der Waals surface area contributed by atoms with Crippen molar-refractivity contribution in [3.63, 3.8) is 0 Å². The van der Waals surface area contributed by atoms with Crippen molar-refractivity contribution in [2.45, 2.75) is 6.54 Å². The van der Waals surface area contributed by atoms with Gasteiger partial charge < -0.3 is 10.7 Å². The second-order valence-electron chi connectivity index (χ2n) is 2.56. The summed E-state index contributed by atoms with van der Waals surface area (Å²) < 4.78 is 0. The number of nitrogens with one attached hydrogen (secondary N) is 2. The van der Waals surface area contributed by atoms with Gasteiger partial charge in [-0.2, -0.15) is 5.10 Å². The van der Waals surface area contributed by atoms with E-state index in [1.165, 1.54) is 0 Å². The number of rotatable bonds is 2. The van der Waals surface area contributed by atoms with Crippen LogP contribution < -0.4 is 5.73 Å². The van der Waals surface area contributed by atoms with Crippen molar-refractivity contribution in [2.75, 3.05) is 0 Å². The van der Waals surface area contributed by atoms with Crippen molar-refractivity contribution >= 4 is 0 Å².